The van der Waals surface area contributed by atoms with Gasteiger partial charge in [-0.3, -0.25) is 0 Å². The van der Waals surface area contributed by atoms with E-state index in [0.29, 0.717) is 0 Å². The van der Waals surface area contributed by atoms with E-state index in [2.05, 4.69) is 40.7 Å². The number of hydrogen-bond acceptors (Lipinski definition) is 0. The minimum Gasteiger partial charge on any atom is -0.0854 e. The van der Waals surface area contributed by atoms with Crippen LogP contribution in [0, 0.1) is 11.8 Å². The van der Waals surface area contributed by atoms with E-state index in [9.17, 15) is 0 Å². The summed E-state index contributed by atoms with van der Waals surface area (Å²) in [5, 5.41) is 0. The molecule has 0 aromatic carbocycles. The van der Waals surface area contributed by atoms with Crippen molar-refractivity contribution >= 4 is 0 Å². The monoisotopic (exact) mass is 182 g/mol. The summed E-state index contributed by atoms with van der Waals surface area (Å²) in [5.41, 5.74) is 1.55. The molecule has 0 rings (SSSR count). The molecule has 1 atom stereocenters. The SMILES string of the molecule is CCC(C)CCCC=C(C)C(C)C. The summed E-state index contributed by atoms with van der Waals surface area (Å²) >= 11 is 0. The molecule has 0 aliphatic carbocycles. The van der Waals surface area contributed by atoms with Gasteiger partial charge in [-0.15, -0.1) is 0 Å². The molecule has 0 aliphatic heterocycles. The molecule has 0 nitrogen and oxygen atoms in total. The first kappa shape index (κ1) is 12.7. The third-order valence-electron chi connectivity index (χ3n) is 2.97. The van der Waals surface area contributed by atoms with Crippen LogP contribution in [0.2, 0.25) is 0 Å². The fraction of sp³-hybridized carbons (Fsp3) is 0.846. The quantitative estimate of drug-likeness (QED) is 0.408. The van der Waals surface area contributed by atoms with Gasteiger partial charge in [-0.1, -0.05) is 52.2 Å². The Hall–Kier alpha value is -0.260. The molecule has 0 saturated heterocycles. The lowest BCUT2D eigenvalue weighted by atomic mass is 9.99. The van der Waals surface area contributed by atoms with E-state index in [4.69, 9.17) is 0 Å². The zero-order valence-electron chi connectivity index (χ0n) is 10.1. The second-order valence-electron chi connectivity index (χ2n) is 4.55. The molecular formula is C13H26. The summed E-state index contributed by atoms with van der Waals surface area (Å²) in [6, 6.07) is 0. The van der Waals surface area contributed by atoms with Crippen LogP contribution in [0.1, 0.15) is 60.3 Å². The molecule has 0 saturated carbocycles. The molecule has 78 valence electrons. The third kappa shape index (κ3) is 6.86. The first-order valence-electron chi connectivity index (χ1n) is 5.74. The normalized spacial score (nSPS) is 15.1. The van der Waals surface area contributed by atoms with Gasteiger partial charge in [-0.05, 0) is 31.6 Å². The molecule has 0 N–H and O–H groups in total. The molecule has 13 heavy (non-hydrogen) atoms. The zero-order valence-corrected chi connectivity index (χ0v) is 10.1. The van der Waals surface area contributed by atoms with Crippen molar-refractivity contribution < 1.29 is 0 Å². The van der Waals surface area contributed by atoms with Crippen molar-refractivity contribution in [1.82, 2.24) is 0 Å². The number of rotatable bonds is 6. The summed E-state index contributed by atoms with van der Waals surface area (Å²) in [6.07, 6.45) is 7.76. The minimum atomic E-state index is 0.726. The van der Waals surface area contributed by atoms with Crippen molar-refractivity contribution in [2.24, 2.45) is 11.8 Å². The maximum absolute atomic E-state index is 2.41. The van der Waals surface area contributed by atoms with Gasteiger partial charge in [0.2, 0.25) is 0 Å². The highest BCUT2D eigenvalue weighted by molar-refractivity contribution is 5.00. The van der Waals surface area contributed by atoms with Crippen LogP contribution >= 0.6 is 0 Å². The van der Waals surface area contributed by atoms with Crippen LogP contribution < -0.4 is 0 Å². The van der Waals surface area contributed by atoms with Crippen molar-refractivity contribution in [3.63, 3.8) is 0 Å². The fourth-order valence-corrected chi connectivity index (χ4v) is 1.24. The van der Waals surface area contributed by atoms with Crippen LogP contribution in [0.4, 0.5) is 0 Å². The average Bonchev–Trinajstić information content (AvgIpc) is 2.11. The van der Waals surface area contributed by atoms with Gasteiger partial charge in [0.15, 0.2) is 0 Å². The van der Waals surface area contributed by atoms with Crippen molar-refractivity contribution in [1.29, 1.82) is 0 Å². The average molecular weight is 182 g/mol. The number of unbranched alkanes of at least 4 members (excludes halogenated alkanes) is 1. The highest BCUT2D eigenvalue weighted by Gasteiger charge is 1.98. The van der Waals surface area contributed by atoms with E-state index < -0.39 is 0 Å². The van der Waals surface area contributed by atoms with Crippen molar-refractivity contribution in [3.8, 4) is 0 Å². The van der Waals surface area contributed by atoms with Crippen LogP contribution in [0.15, 0.2) is 11.6 Å². The van der Waals surface area contributed by atoms with Gasteiger partial charge < -0.3 is 0 Å². The second-order valence-corrected chi connectivity index (χ2v) is 4.55. The van der Waals surface area contributed by atoms with Crippen molar-refractivity contribution in [2.75, 3.05) is 0 Å². The fourth-order valence-electron chi connectivity index (χ4n) is 1.24. The molecule has 0 amide bonds. The van der Waals surface area contributed by atoms with Crippen LogP contribution in [0.5, 0.6) is 0 Å². The van der Waals surface area contributed by atoms with Gasteiger partial charge in [0.05, 0.1) is 0 Å². The molecule has 0 radical (unpaired) electrons. The van der Waals surface area contributed by atoms with E-state index in [-0.39, 0.29) is 0 Å². The molecule has 1 unspecified atom stereocenters. The lowest BCUT2D eigenvalue weighted by molar-refractivity contribution is 0.497. The third-order valence-corrected chi connectivity index (χ3v) is 2.97. The summed E-state index contributed by atoms with van der Waals surface area (Å²) in [7, 11) is 0. The Kier molecular flexibility index (Phi) is 7.03. The van der Waals surface area contributed by atoms with Gasteiger partial charge >= 0.3 is 0 Å². The topological polar surface area (TPSA) is 0 Å². The Balaban J connectivity index is 3.50. The Morgan fingerprint density at radius 1 is 1.23 bits per heavy atom. The van der Waals surface area contributed by atoms with E-state index in [1.165, 1.54) is 25.7 Å². The Morgan fingerprint density at radius 3 is 2.31 bits per heavy atom. The van der Waals surface area contributed by atoms with Gasteiger partial charge in [0.1, 0.15) is 0 Å². The van der Waals surface area contributed by atoms with E-state index >= 15 is 0 Å². The highest BCUT2D eigenvalue weighted by atomic mass is 14.0. The van der Waals surface area contributed by atoms with Gasteiger partial charge in [0.25, 0.3) is 0 Å². The summed E-state index contributed by atoms with van der Waals surface area (Å²) in [5.74, 6) is 1.64. The number of allylic oxidation sites excluding steroid dienone is 2. The van der Waals surface area contributed by atoms with Crippen LogP contribution in [0.3, 0.4) is 0 Å². The van der Waals surface area contributed by atoms with Crippen LogP contribution in [0.25, 0.3) is 0 Å². The molecule has 0 aromatic heterocycles. The molecule has 0 fully saturated rings. The molecule has 0 heterocycles. The van der Waals surface area contributed by atoms with Crippen LogP contribution in [-0.4, -0.2) is 0 Å². The maximum Gasteiger partial charge on any atom is -0.0263 e. The largest absolute Gasteiger partial charge is 0.0854 e. The zero-order chi connectivity index (χ0) is 10.3. The molecule has 0 bridgehead atoms. The standard InChI is InChI=1S/C13H26/c1-6-12(4)9-7-8-10-13(5)11(2)3/h10-12H,6-9H2,1-5H3. The Bertz CT molecular complexity index is 142. The predicted molar refractivity (Wildman–Crippen MR) is 61.9 cm³/mol. The van der Waals surface area contributed by atoms with E-state index in [1.54, 1.807) is 5.57 Å². The molecule has 0 heteroatoms. The Morgan fingerprint density at radius 2 is 1.85 bits per heavy atom. The second kappa shape index (κ2) is 7.17. The summed E-state index contributed by atoms with van der Waals surface area (Å²) in [4.78, 5) is 0. The number of hydrogen-bond donors (Lipinski definition) is 0. The smallest absolute Gasteiger partial charge is 0.0263 e. The van der Waals surface area contributed by atoms with Crippen molar-refractivity contribution in [3.05, 3.63) is 11.6 Å². The maximum atomic E-state index is 2.41. The van der Waals surface area contributed by atoms with E-state index in [0.717, 1.165) is 11.8 Å². The first-order chi connectivity index (χ1) is 6.07. The molecule has 0 spiro atoms. The van der Waals surface area contributed by atoms with Gasteiger partial charge in [-0.2, -0.15) is 0 Å². The molecular weight excluding hydrogens is 156 g/mol. The lowest BCUT2D eigenvalue weighted by Crippen LogP contribution is -1.92. The molecule has 0 aromatic rings. The summed E-state index contributed by atoms with van der Waals surface area (Å²) < 4.78 is 0. The highest BCUT2D eigenvalue weighted by Crippen LogP contribution is 2.14. The van der Waals surface area contributed by atoms with Gasteiger partial charge in [-0.25, -0.2) is 0 Å². The lowest BCUT2D eigenvalue weighted by Gasteiger charge is -2.07. The predicted octanol–water partition coefficient (Wildman–Crippen LogP) is 4.81. The van der Waals surface area contributed by atoms with Crippen LogP contribution in [-0.2, 0) is 0 Å². The van der Waals surface area contributed by atoms with E-state index in [1.807, 2.05) is 0 Å². The first-order valence-corrected chi connectivity index (χ1v) is 5.74. The van der Waals surface area contributed by atoms with Gasteiger partial charge in [0, 0.05) is 0 Å². The minimum absolute atomic E-state index is 0.726. The summed E-state index contributed by atoms with van der Waals surface area (Å²) in [6.45, 7) is 11.4. The molecule has 0 aliphatic rings. The van der Waals surface area contributed by atoms with Crippen molar-refractivity contribution in [2.45, 2.75) is 60.3 Å². The Labute approximate surface area is 84.4 Å².